The number of nitro groups is 1. The van der Waals surface area contributed by atoms with Gasteiger partial charge in [0, 0.05) is 28.5 Å². The minimum absolute atomic E-state index is 0.0181. The lowest BCUT2D eigenvalue weighted by molar-refractivity contribution is -0.384. The van der Waals surface area contributed by atoms with Crippen molar-refractivity contribution in [2.24, 2.45) is 0 Å². The second kappa shape index (κ2) is 9.31. The number of rotatable bonds is 7. The van der Waals surface area contributed by atoms with Gasteiger partial charge >= 0.3 is 0 Å². The number of hydrogen-bond acceptors (Lipinski definition) is 7. The quantitative estimate of drug-likeness (QED) is 0.181. The number of nitrogens with zero attached hydrogens (tertiary/aromatic N) is 4. The van der Waals surface area contributed by atoms with Gasteiger partial charge in [-0.15, -0.1) is 10.2 Å². The van der Waals surface area contributed by atoms with Crippen LogP contribution in [0.1, 0.15) is 6.92 Å². The first-order chi connectivity index (χ1) is 15.4. The van der Waals surface area contributed by atoms with Crippen LogP contribution in [0.4, 0.5) is 11.4 Å². The Morgan fingerprint density at radius 2 is 2.09 bits per heavy atom. The summed E-state index contributed by atoms with van der Waals surface area (Å²) in [5, 5.41) is 23.7. The molecule has 4 aromatic rings. The molecule has 0 aliphatic rings. The van der Waals surface area contributed by atoms with Gasteiger partial charge in [-0.2, -0.15) is 0 Å². The molecule has 0 saturated carbocycles. The number of nitro benzene ring substituents is 1. The Balaban J connectivity index is 1.49. The number of nitrogens with one attached hydrogen (secondary N) is 1. The average molecular weight is 537 g/mol. The molecule has 0 saturated heterocycles. The Bertz CT molecular complexity index is 1340. The van der Waals surface area contributed by atoms with Crippen LogP contribution < -0.4 is 5.32 Å². The Labute approximate surface area is 199 Å². The zero-order chi connectivity index (χ0) is 22.8. The van der Waals surface area contributed by atoms with Gasteiger partial charge in [0.1, 0.15) is 5.58 Å². The molecule has 0 unspecified atom stereocenters. The predicted octanol–water partition coefficient (Wildman–Crippen LogP) is 5.77. The molecule has 0 aliphatic heterocycles. The van der Waals surface area contributed by atoms with Crippen molar-refractivity contribution in [3.8, 4) is 11.6 Å². The van der Waals surface area contributed by atoms with Gasteiger partial charge < -0.3 is 9.73 Å². The number of benzene rings is 2. The lowest BCUT2D eigenvalue weighted by atomic mass is 10.2. The fourth-order valence-corrected chi connectivity index (χ4v) is 4.37. The van der Waals surface area contributed by atoms with E-state index in [-0.39, 0.29) is 28.1 Å². The summed E-state index contributed by atoms with van der Waals surface area (Å²) in [5.41, 5.74) is 0.749. The summed E-state index contributed by atoms with van der Waals surface area (Å²) in [6, 6.07) is 11.5. The van der Waals surface area contributed by atoms with Gasteiger partial charge in [-0.25, -0.2) is 0 Å². The lowest BCUT2D eigenvalue weighted by Crippen LogP contribution is -2.15. The Hall–Kier alpha value is -2.89. The first-order valence-corrected chi connectivity index (χ1v) is 11.5. The summed E-state index contributed by atoms with van der Waals surface area (Å²) in [4.78, 5) is 22.8. The first-order valence-electron chi connectivity index (χ1n) is 9.35. The van der Waals surface area contributed by atoms with Crippen molar-refractivity contribution in [3.05, 3.63) is 62.1 Å². The summed E-state index contributed by atoms with van der Waals surface area (Å²) < 4.78 is 8.71. The van der Waals surface area contributed by atoms with Gasteiger partial charge in [0.15, 0.2) is 10.9 Å². The molecule has 0 fully saturated rings. The molecule has 2 aromatic heterocycles. The van der Waals surface area contributed by atoms with Crippen LogP contribution in [0.5, 0.6) is 0 Å². The second-order valence-corrected chi connectivity index (χ2v) is 8.87. The van der Waals surface area contributed by atoms with Crippen LogP contribution in [0.3, 0.4) is 0 Å². The molecule has 0 spiro atoms. The van der Waals surface area contributed by atoms with Crippen LogP contribution in [0.25, 0.3) is 22.6 Å². The largest absolute Gasteiger partial charge is 0.453 e. The van der Waals surface area contributed by atoms with Crippen LogP contribution in [0.15, 0.2) is 56.5 Å². The number of fused-ring (bicyclic) bond motifs is 1. The number of amides is 1. The Morgan fingerprint density at radius 1 is 1.28 bits per heavy atom. The normalized spacial score (nSPS) is 11.1. The zero-order valence-electron chi connectivity index (χ0n) is 16.5. The summed E-state index contributed by atoms with van der Waals surface area (Å²) in [7, 11) is 0. The minimum atomic E-state index is -0.553. The molecule has 0 bridgehead atoms. The van der Waals surface area contributed by atoms with Gasteiger partial charge in [-0.1, -0.05) is 39.3 Å². The summed E-state index contributed by atoms with van der Waals surface area (Å²) in [5.74, 6) is 0.777. The van der Waals surface area contributed by atoms with Crippen LogP contribution in [0, 0.1) is 10.1 Å². The van der Waals surface area contributed by atoms with Crippen molar-refractivity contribution >= 4 is 67.5 Å². The number of carbonyl (C=O) groups excluding carboxylic acids is 1. The number of thioether (sulfide) groups is 1. The highest BCUT2D eigenvalue weighted by atomic mass is 79.9. The number of anilines is 1. The summed E-state index contributed by atoms with van der Waals surface area (Å²) in [6.45, 7) is 2.52. The monoisotopic (exact) mass is 535 g/mol. The maximum absolute atomic E-state index is 12.4. The van der Waals surface area contributed by atoms with E-state index in [0.717, 1.165) is 15.4 Å². The molecule has 164 valence electrons. The van der Waals surface area contributed by atoms with E-state index in [4.69, 9.17) is 16.0 Å². The molecule has 2 aromatic carbocycles. The standard InChI is InChI=1S/C20H15BrClN5O4S/c1-2-26-19(17-8-11-7-12(21)3-6-16(11)31-17)24-25-20(26)32-10-18(28)23-15-9-13(27(29)30)4-5-14(15)22/h3-9H,2,10H2,1H3,(H,23,28). The van der Waals surface area contributed by atoms with Crippen LogP contribution in [-0.2, 0) is 11.3 Å². The third kappa shape index (κ3) is 4.64. The minimum Gasteiger partial charge on any atom is -0.453 e. The van der Waals surface area contributed by atoms with E-state index in [1.165, 1.54) is 30.0 Å². The number of hydrogen-bond donors (Lipinski definition) is 1. The maximum atomic E-state index is 12.4. The fraction of sp³-hybridized carbons (Fsp3) is 0.150. The molecule has 0 aliphatic carbocycles. The number of non-ortho nitro benzene ring substituents is 1. The average Bonchev–Trinajstić information content (AvgIpc) is 3.36. The van der Waals surface area contributed by atoms with E-state index in [1.54, 1.807) is 0 Å². The van der Waals surface area contributed by atoms with Crippen molar-refractivity contribution in [2.45, 2.75) is 18.6 Å². The van der Waals surface area contributed by atoms with Crippen LogP contribution in [-0.4, -0.2) is 31.3 Å². The SMILES string of the molecule is CCn1c(SCC(=O)Nc2cc([N+](=O)[O-])ccc2Cl)nnc1-c1cc2cc(Br)ccc2o1. The van der Waals surface area contributed by atoms with E-state index in [1.807, 2.05) is 35.8 Å². The number of furan rings is 1. The van der Waals surface area contributed by atoms with Gasteiger partial charge in [0.2, 0.25) is 11.7 Å². The molecular formula is C20H15BrClN5O4S. The van der Waals surface area contributed by atoms with Crippen molar-refractivity contribution < 1.29 is 14.1 Å². The van der Waals surface area contributed by atoms with Crippen molar-refractivity contribution in [3.63, 3.8) is 0 Å². The van der Waals surface area contributed by atoms with Gasteiger partial charge in [-0.3, -0.25) is 19.5 Å². The fourth-order valence-electron chi connectivity index (χ4n) is 3.03. The molecule has 0 atom stereocenters. The van der Waals surface area contributed by atoms with Crippen molar-refractivity contribution in [2.75, 3.05) is 11.1 Å². The van der Waals surface area contributed by atoms with Crippen LogP contribution >= 0.6 is 39.3 Å². The molecule has 1 N–H and O–H groups in total. The Morgan fingerprint density at radius 3 is 2.84 bits per heavy atom. The molecule has 32 heavy (non-hydrogen) atoms. The highest BCUT2D eigenvalue weighted by molar-refractivity contribution is 9.10. The molecular weight excluding hydrogens is 522 g/mol. The third-order valence-electron chi connectivity index (χ3n) is 4.50. The molecule has 4 rings (SSSR count). The number of carbonyl (C=O) groups is 1. The summed E-state index contributed by atoms with van der Waals surface area (Å²) >= 11 is 10.7. The molecule has 12 heteroatoms. The molecule has 0 radical (unpaired) electrons. The van der Waals surface area contributed by atoms with E-state index in [9.17, 15) is 14.9 Å². The van der Waals surface area contributed by atoms with Gasteiger partial charge in [0.05, 0.1) is 21.4 Å². The van der Waals surface area contributed by atoms with E-state index < -0.39 is 4.92 Å². The van der Waals surface area contributed by atoms with Gasteiger partial charge in [-0.05, 0) is 37.3 Å². The third-order valence-corrected chi connectivity index (χ3v) is 6.29. The van der Waals surface area contributed by atoms with Crippen molar-refractivity contribution in [1.29, 1.82) is 0 Å². The maximum Gasteiger partial charge on any atom is 0.271 e. The Kier molecular flexibility index (Phi) is 6.49. The molecule has 9 nitrogen and oxygen atoms in total. The number of aromatic nitrogens is 3. The second-order valence-electron chi connectivity index (χ2n) is 6.60. The van der Waals surface area contributed by atoms with E-state index >= 15 is 0 Å². The van der Waals surface area contributed by atoms with Crippen molar-refractivity contribution in [1.82, 2.24) is 14.8 Å². The number of halogens is 2. The smallest absolute Gasteiger partial charge is 0.271 e. The summed E-state index contributed by atoms with van der Waals surface area (Å²) in [6.07, 6.45) is 0. The predicted molar refractivity (Wildman–Crippen MR) is 126 cm³/mol. The van der Waals surface area contributed by atoms with E-state index in [2.05, 4.69) is 31.4 Å². The molecule has 1 amide bonds. The zero-order valence-corrected chi connectivity index (χ0v) is 19.7. The van der Waals surface area contributed by atoms with Crippen LogP contribution in [0.2, 0.25) is 5.02 Å². The highest BCUT2D eigenvalue weighted by Crippen LogP contribution is 2.31. The van der Waals surface area contributed by atoms with E-state index in [0.29, 0.717) is 23.3 Å². The van der Waals surface area contributed by atoms with Gasteiger partial charge in [0.25, 0.3) is 5.69 Å². The molecule has 2 heterocycles. The topological polar surface area (TPSA) is 116 Å². The first kappa shape index (κ1) is 22.3. The lowest BCUT2D eigenvalue weighted by Gasteiger charge is -2.08. The highest BCUT2D eigenvalue weighted by Gasteiger charge is 2.19.